The van der Waals surface area contributed by atoms with E-state index in [-0.39, 0.29) is 36.8 Å². The highest BCUT2D eigenvalue weighted by Crippen LogP contribution is 2.49. The number of aliphatic hydroxyl groups excluding tert-OH is 1. The Kier molecular flexibility index (Phi) is 8.38. The first-order valence-corrected chi connectivity index (χ1v) is 16.5. The van der Waals surface area contributed by atoms with Crippen molar-refractivity contribution in [1.82, 2.24) is 24.7 Å². The topological polar surface area (TPSA) is 121 Å². The number of nitrogens with two attached hydrogens (primary N) is 1. The van der Waals surface area contributed by atoms with Gasteiger partial charge in [0, 0.05) is 43.6 Å². The van der Waals surface area contributed by atoms with Crippen molar-refractivity contribution in [3.63, 3.8) is 0 Å². The average molecular weight is 614 g/mol. The number of aromatic nitrogens is 2. The number of anilines is 2. The van der Waals surface area contributed by atoms with Crippen LogP contribution in [0.15, 0.2) is 29.2 Å². The van der Waals surface area contributed by atoms with Crippen LogP contribution in [0.5, 0.6) is 11.5 Å². The summed E-state index contributed by atoms with van der Waals surface area (Å²) in [5, 5.41) is 17.9. The van der Waals surface area contributed by atoms with Crippen molar-refractivity contribution in [3.8, 4) is 11.5 Å². The first-order chi connectivity index (χ1) is 21.2. The van der Waals surface area contributed by atoms with Crippen LogP contribution in [0.3, 0.4) is 0 Å². The molecule has 0 spiro atoms. The number of piperidine rings is 2. The van der Waals surface area contributed by atoms with Crippen LogP contribution in [0.1, 0.15) is 75.3 Å². The highest BCUT2D eigenvalue weighted by atomic mass is 19.3. The number of rotatable bonds is 8. The summed E-state index contributed by atoms with van der Waals surface area (Å²) in [4.78, 5) is 21.4. The Bertz CT molecular complexity index is 1380. The number of nitrogens with zero attached hydrogens (tertiary/aromatic N) is 4. The number of benzene rings is 1. The van der Waals surface area contributed by atoms with Gasteiger partial charge in [0.05, 0.1) is 11.9 Å². The summed E-state index contributed by atoms with van der Waals surface area (Å²) in [6, 6.07) is 6.62. The zero-order valence-corrected chi connectivity index (χ0v) is 25.3. The number of hydrogen-bond acceptors (Lipinski definition) is 9. The summed E-state index contributed by atoms with van der Waals surface area (Å²) in [6.45, 7) is 4.12. The molecule has 0 amide bonds. The van der Waals surface area contributed by atoms with Gasteiger partial charge >= 0.3 is 5.69 Å². The van der Waals surface area contributed by atoms with E-state index >= 15 is 0 Å². The number of fused-ring (bicyclic) bond motifs is 2. The molecule has 4 heterocycles. The van der Waals surface area contributed by atoms with Gasteiger partial charge in [-0.2, -0.15) is 4.98 Å². The molecule has 2 saturated carbocycles. The van der Waals surface area contributed by atoms with E-state index in [1.54, 1.807) is 10.8 Å². The van der Waals surface area contributed by atoms with Gasteiger partial charge in [0.1, 0.15) is 6.23 Å². The van der Waals surface area contributed by atoms with Gasteiger partial charge in [-0.3, -0.25) is 14.4 Å². The molecule has 2 unspecified atom stereocenters. The standard InChI is InChI=1S/C32H45F2N7O3/c33-32(34)16-22(32)17-40(25-7-11-36-12-8-25)29(42)19-39-13-9-20(10-14-39)21-1-6-27-26(15-21)37-30-28(44-27)18-41(31(43)38-30)24-4-2-23(35)3-5-24/h1,6,15,18,20,22-25,29,36,42H,2-5,7-14,16-17,19,35H2,(H,37,38,43). The Labute approximate surface area is 256 Å². The summed E-state index contributed by atoms with van der Waals surface area (Å²) >= 11 is 0. The Morgan fingerprint density at radius 1 is 1.09 bits per heavy atom. The normalized spacial score (nSPS) is 28.1. The van der Waals surface area contributed by atoms with Crippen LogP contribution in [-0.2, 0) is 0 Å². The molecule has 12 heteroatoms. The fourth-order valence-electron chi connectivity index (χ4n) is 7.65. The van der Waals surface area contributed by atoms with Crippen molar-refractivity contribution in [2.24, 2.45) is 11.7 Å². The summed E-state index contributed by atoms with van der Waals surface area (Å²) < 4.78 is 35.5. The molecular weight excluding hydrogens is 568 g/mol. The highest BCUT2D eigenvalue weighted by Gasteiger charge is 2.57. The lowest BCUT2D eigenvalue weighted by Crippen LogP contribution is -2.53. The molecule has 2 aliphatic carbocycles. The molecular formula is C32H45F2N7O3. The Morgan fingerprint density at radius 3 is 2.52 bits per heavy atom. The van der Waals surface area contributed by atoms with Crippen molar-refractivity contribution < 1.29 is 18.6 Å². The van der Waals surface area contributed by atoms with E-state index < -0.39 is 18.1 Å². The second-order valence-corrected chi connectivity index (χ2v) is 13.6. The number of ether oxygens (including phenoxy) is 1. The third-order valence-corrected chi connectivity index (χ3v) is 10.6. The van der Waals surface area contributed by atoms with Crippen molar-refractivity contribution in [3.05, 3.63) is 40.4 Å². The number of likely N-dealkylation sites (tertiary alicyclic amines) is 1. The number of hydrogen-bond donors (Lipinski definition) is 4. The van der Waals surface area contributed by atoms with E-state index in [4.69, 9.17) is 10.5 Å². The molecule has 10 nitrogen and oxygen atoms in total. The first-order valence-electron chi connectivity index (χ1n) is 16.5. The average Bonchev–Trinajstić information content (AvgIpc) is 3.64. The predicted molar refractivity (Wildman–Crippen MR) is 164 cm³/mol. The molecule has 1 aromatic heterocycles. The van der Waals surface area contributed by atoms with E-state index in [9.17, 15) is 18.7 Å². The number of alkyl halides is 2. The van der Waals surface area contributed by atoms with Gasteiger partial charge in [-0.05, 0) is 101 Å². The summed E-state index contributed by atoms with van der Waals surface area (Å²) in [6.07, 6.45) is 8.11. The maximum atomic E-state index is 13.8. The first kappa shape index (κ1) is 30.0. The van der Waals surface area contributed by atoms with Crippen LogP contribution in [0.25, 0.3) is 0 Å². The van der Waals surface area contributed by atoms with Gasteiger partial charge in [-0.1, -0.05) is 6.07 Å². The lowest BCUT2D eigenvalue weighted by Gasteiger charge is -2.41. The molecule has 44 heavy (non-hydrogen) atoms. The second-order valence-electron chi connectivity index (χ2n) is 13.6. The molecule has 2 saturated heterocycles. The maximum absolute atomic E-state index is 13.8. The molecule has 0 radical (unpaired) electrons. The van der Waals surface area contributed by atoms with Crippen molar-refractivity contribution >= 4 is 11.5 Å². The Morgan fingerprint density at radius 2 is 1.82 bits per heavy atom. The molecule has 2 aromatic rings. The number of β-amino-alcohol motifs (C(OH)–C–C–N with tert-alkyl or cyclic N) is 1. The van der Waals surface area contributed by atoms with Crippen LogP contribution in [0.2, 0.25) is 0 Å². The van der Waals surface area contributed by atoms with Crippen molar-refractivity contribution in [1.29, 1.82) is 0 Å². The summed E-state index contributed by atoms with van der Waals surface area (Å²) in [7, 11) is 0. The fourth-order valence-corrected chi connectivity index (χ4v) is 7.65. The third kappa shape index (κ3) is 6.37. The lowest BCUT2D eigenvalue weighted by molar-refractivity contribution is -0.0622. The Hall–Kier alpha value is -2.64. The second kappa shape index (κ2) is 12.3. The molecule has 0 bridgehead atoms. The molecule has 3 aliphatic heterocycles. The highest BCUT2D eigenvalue weighted by molar-refractivity contribution is 5.73. The van der Waals surface area contributed by atoms with E-state index in [0.717, 1.165) is 83.2 Å². The fraction of sp³-hybridized carbons (Fsp3) is 0.688. The quantitative estimate of drug-likeness (QED) is 0.282. The predicted octanol–water partition coefficient (Wildman–Crippen LogP) is 3.74. The van der Waals surface area contributed by atoms with Gasteiger partial charge < -0.3 is 26.2 Å². The van der Waals surface area contributed by atoms with E-state index in [0.29, 0.717) is 29.8 Å². The molecule has 240 valence electrons. The summed E-state index contributed by atoms with van der Waals surface area (Å²) in [5.41, 5.74) is 7.77. The van der Waals surface area contributed by atoms with Gasteiger partial charge in [0.25, 0.3) is 5.92 Å². The van der Waals surface area contributed by atoms with Crippen molar-refractivity contribution in [2.75, 3.05) is 44.6 Å². The van der Waals surface area contributed by atoms with E-state index in [1.165, 1.54) is 5.56 Å². The van der Waals surface area contributed by atoms with Crippen molar-refractivity contribution in [2.45, 2.75) is 94.0 Å². The van der Waals surface area contributed by atoms with Crippen LogP contribution in [0, 0.1) is 5.92 Å². The number of halogens is 2. The molecule has 1 aromatic carbocycles. The lowest BCUT2D eigenvalue weighted by atomic mass is 9.89. The van der Waals surface area contributed by atoms with Crippen LogP contribution in [0.4, 0.5) is 20.3 Å². The van der Waals surface area contributed by atoms with Gasteiger partial charge in [0.15, 0.2) is 17.3 Å². The maximum Gasteiger partial charge on any atom is 0.350 e. The number of aliphatic hydroxyl groups is 1. The summed E-state index contributed by atoms with van der Waals surface area (Å²) in [5.74, 6) is -1.18. The zero-order valence-electron chi connectivity index (χ0n) is 25.3. The minimum atomic E-state index is -2.58. The Balaban J connectivity index is 0.962. The minimum absolute atomic E-state index is 0.0665. The van der Waals surface area contributed by atoms with Gasteiger partial charge in [0.2, 0.25) is 0 Å². The minimum Gasteiger partial charge on any atom is -0.450 e. The smallest absolute Gasteiger partial charge is 0.350 e. The molecule has 5 aliphatic rings. The SMILES string of the molecule is NC1CCC(n2cc3c(nc2=O)Nc2cc(C4CCN(CC(O)N(CC5CC5(F)F)C5CCNCC5)CC4)ccc2O3)CC1. The van der Waals surface area contributed by atoms with Crippen LogP contribution in [-0.4, -0.2) is 88.0 Å². The molecule has 7 rings (SSSR count). The molecule has 2 atom stereocenters. The molecule has 4 fully saturated rings. The van der Waals surface area contributed by atoms with E-state index in [1.807, 2.05) is 11.0 Å². The van der Waals surface area contributed by atoms with Crippen LogP contribution < -0.4 is 26.8 Å². The van der Waals surface area contributed by atoms with Gasteiger partial charge in [-0.15, -0.1) is 0 Å². The monoisotopic (exact) mass is 613 g/mol. The van der Waals surface area contributed by atoms with Gasteiger partial charge in [-0.25, -0.2) is 13.6 Å². The third-order valence-electron chi connectivity index (χ3n) is 10.6. The largest absolute Gasteiger partial charge is 0.450 e. The van der Waals surface area contributed by atoms with E-state index in [2.05, 4.69) is 32.7 Å². The number of nitrogens with one attached hydrogen (secondary N) is 2. The molecule has 5 N–H and O–H groups in total. The van der Waals surface area contributed by atoms with Crippen LogP contribution >= 0.6 is 0 Å². The zero-order chi connectivity index (χ0) is 30.4.